The highest BCUT2D eigenvalue weighted by Gasteiger charge is 2.61. The second-order valence-electron chi connectivity index (χ2n) is 5.10. The lowest BCUT2D eigenvalue weighted by molar-refractivity contribution is -0.142. The predicted molar refractivity (Wildman–Crippen MR) is 49.6 cm³/mol. The molecule has 0 aromatic heterocycles. The fourth-order valence-electron chi connectivity index (χ4n) is 3.46. The van der Waals surface area contributed by atoms with E-state index in [1.807, 2.05) is 0 Å². The van der Waals surface area contributed by atoms with Gasteiger partial charge < -0.3 is 5.32 Å². The van der Waals surface area contributed by atoms with Crippen LogP contribution in [0.1, 0.15) is 32.6 Å². The molecule has 0 aromatic carbocycles. The van der Waals surface area contributed by atoms with Crippen molar-refractivity contribution in [1.29, 1.82) is 0 Å². The molecule has 2 bridgehead atoms. The highest BCUT2D eigenvalue weighted by molar-refractivity contribution is 5.15. The van der Waals surface area contributed by atoms with Gasteiger partial charge in [0.15, 0.2) is 0 Å². The molecular formula is C11H17N. The van der Waals surface area contributed by atoms with E-state index in [2.05, 4.69) is 24.5 Å². The van der Waals surface area contributed by atoms with Gasteiger partial charge in [0.1, 0.15) is 0 Å². The van der Waals surface area contributed by atoms with Gasteiger partial charge in [0.25, 0.3) is 0 Å². The van der Waals surface area contributed by atoms with E-state index in [-0.39, 0.29) is 0 Å². The Bertz CT molecular complexity index is 214. The lowest BCUT2D eigenvalue weighted by atomic mass is 9.40. The molecule has 3 fully saturated rings. The normalized spacial score (nSPS) is 55.2. The molecule has 1 heteroatoms. The van der Waals surface area contributed by atoms with Gasteiger partial charge in [-0.05, 0) is 49.1 Å². The predicted octanol–water partition coefficient (Wildman–Crippen LogP) is 2.30. The lowest BCUT2D eigenvalue weighted by Crippen LogP contribution is -2.64. The molecule has 1 aliphatic heterocycles. The van der Waals surface area contributed by atoms with Crippen molar-refractivity contribution in [2.75, 3.05) is 0 Å². The quantitative estimate of drug-likeness (QED) is 0.625. The minimum atomic E-state index is 0.745. The molecule has 12 heavy (non-hydrogen) atoms. The van der Waals surface area contributed by atoms with Gasteiger partial charge in [0, 0.05) is 6.04 Å². The third-order valence-corrected chi connectivity index (χ3v) is 4.22. The van der Waals surface area contributed by atoms with Gasteiger partial charge >= 0.3 is 0 Å². The van der Waals surface area contributed by atoms with Crippen molar-refractivity contribution in [3.8, 4) is 0 Å². The number of allylic oxidation sites excluding steroid dienone is 1. The first-order valence-electron chi connectivity index (χ1n) is 5.21. The fourth-order valence-corrected chi connectivity index (χ4v) is 3.46. The molecule has 0 saturated heterocycles. The minimum Gasteiger partial charge on any atom is -0.388 e. The molecule has 0 aromatic rings. The van der Waals surface area contributed by atoms with Crippen LogP contribution in [0.2, 0.25) is 0 Å². The lowest BCUT2D eigenvalue weighted by Gasteiger charge is -2.66. The molecule has 3 saturated carbocycles. The topological polar surface area (TPSA) is 12.0 Å². The van der Waals surface area contributed by atoms with Crippen LogP contribution in [-0.4, -0.2) is 6.04 Å². The molecule has 66 valence electrons. The fraction of sp³-hybridized carbons (Fsp3) is 0.818. The highest BCUT2D eigenvalue weighted by atomic mass is 15.0. The summed E-state index contributed by atoms with van der Waals surface area (Å²) >= 11 is 0. The van der Waals surface area contributed by atoms with Gasteiger partial charge in [-0.3, -0.25) is 0 Å². The number of hydrogen-bond donors (Lipinski definition) is 1. The molecule has 1 nitrogen and oxygen atoms in total. The molecule has 2 atom stereocenters. The summed E-state index contributed by atoms with van der Waals surface area (Å²) in [5, 5.41) is 3.57. The van der Waals surface area contributed by atoms with Gasteiger partial charge in [-0.15, -0.1) is 0 Å². The Kier molecular flexibility index (Phi) is 1.20. The zero-order valence-electron chi connectivity index (χ0n) is 7.72. The van der Waals surface area contributed by atoms with E-state index in [9.17, 15) is 0 Å². The SMILES string of the molecule is CC1CC=CNC1C12CC(C1)C2. The first kappa shape index (κ1) is 6.99. The smallest absolute Gasteiger partial charge is 0.0340 e. The molecule has 4 aliphatic rings. The maximum atomic E-state index is 3.57. The second kappa shape index (κ2) is 2.07. The Labute approximate surface area is 74.2 Å². The summed E-state index contributed by atoms with van der Waals surface area (Å²) in [4.78, 5) is 0. The summed E-state index contributed by atoms with van der Waals surface area (Å²) < 4.78 is 0. The Morgan fingerprint density at radius 2 is 2.08 bits per heavy atom. The zero-order valence-corrected chi connectivity index (χ0v) is 7.72. The molecule has 1 heterocycles. The van der Waals surface area contributed by atoms with Crippen LogP contribution in [0.3, 0.4) is 0 Å². The first-order valence-corrected chi connectivity index (χ1v) is 5.21. The molecule has 3 aliphatic carbocycles. The van der Waals surface area contributed by atoms with Crippen molar-refractivity contribution in [2.45, 2.75) is 38.6 Å². The molecular weight excluding hydrogens is 146 g/mol. The zero-order chi connectivity index (χ0) is 8.18. The van der Waals surface area contributed by atoms with Crippen LogP contribution in [0, 0.1) is 17.3 Å². The summed E-state index contributed by atoms with van der Waals surface area (Å²) in [5.74, 6) is 1.97. The van der Waals surface area contributed by atoms with Crippen LogP contribution in [0.25, 0.3) is 0 Å². The Hall–Kier alpha value is -0.460. The largest absolute Gasteiger partial charge is 0.388 e. The summed E-state index contributed by atoms with van der Waals surface area (Å²) in [6.07, 6.45) is 10.3. The third-order valence-electron chi connectivity index (χ3n) is 4.22. The van der Waals surface area contributed by atoms with Crippen LogP contribution >= 0.6 is 0 Å². The average Bonchev–Trinajstić information content (AvgIpc) is 1.87. The van der Waals surface area contributed by atoms with Crippen molar-refractivity contribution in [3.63, 3.8) is 0 Å². The van der Waals surface area contributed by atoms with Gasteiger partial charge in [0.05, 0.1) is 0 Å². The summed E-state index contributed by atoms with van der Waals surface area (Å²) in [7, 11) is 0. The van der Waals surface area contributed by atoms with Gasteiger partial charge in [-0.1, -0.05) is 13.0 Å². The van der Waals surface area contributed by atoms with E-state index in [1.54, 1.807) is 0 Å². The number of hydrogen-bond acceptors (Lipinski definition) is 1. The van der Waals surface area contributed by atoms with Crippen LogP contribution in [0.5, 0.6) is 0 Å². The van der Waals surface area contributed by atoms with Crippen molar-refractivity contribution < 1.29 is 0 Å². The van der Waals surface area contributed by atoms with E-state index in [4.69, 9.17) is 0 Å². The van der Waals surface area contributed by atoms with Crippen molar-refractivity contribution in [1.82, 2.24) is 5.32 Å². The standard InChI is InChI=1S/C11H17N/c1-8-3-2-4-12-10(8)11-5-9(6-11)7-11/h2,4,8-10,12H,3,5-7H2,1H3. The number of nitrogens with one attached hydrogen (secondary N) is 1. The number of rotatable bonds is 1. The van der Waals surface area contributed by atoms with Crippen LogP contribution in [0.4, 0.5) is 0 Å². The highest BCUT2D eigenvalue weighted by Crippen LogP contribution is 2.67. The minimum absolute atomic E-state index is 0.745. The maximum absolute atomic E-state index is 3.57. The molecule has 2 unspecified atom stereocenters. The summed E-state index contributed by atoms with van der Waals surface area (Å²) in [5.41, 5.74) is 0.745. The van der Waals surface area contributed by atoms with Crippen LogP contribution in [-0.2, 0) is 0 Å². The molecule has 0 radical (unpaired) electrons. The third kappa shape index (κ3) is 0.699. The van der Waals surface area contributed by atoms with Crippen LogP contribution < -0.4 is 5.32 Å². The summed E-state index contributed by atoms with van der Waals surface area (Å²) in [6, 6.07) is 0.799. The van der Waals surface area contributed by atoms with Gasteiger partial charge in [0.2, 0.25) is 0 Å². The van der Waals surface area contributed by atoms with Crippen molar-refractivity contribution >= 4 is 0 Å². The van der Waals surface area contributed by atoms with E-state index in [0.717, 1.165) is 23.3 Å². The van der Waals surface area contributed by atoms with E-state index < -0.39 is 0 Å². The maximum Gasteiger partial charge on any atom is 0.0340 e. The Morgan fingerprint density at radius 1 is 1.33 bits per heavy atom. The van der Waals surface area contributed by atoms with Crippen molar-refractivity contribution in [2.24, 2.45) is 17.3 Å². The average molecular weight is 163 g/mol. The van der Waals surface area contributed by atoms with E-state index in [1.165, 1.54) is 25.7 Å². The molecule has 4 rings (SSSR count). The van der Waals surface area contributed by atoms with E-state index in [0.29, 0.717) is 0 Å². The monoisotopic (exact) mass is 163 g/mol. The molecule has 1 N–H and O–H groups in total. The Balaban J connectivity index is 1.78. The van der Waals surface area contributed by atoms with Crippen molar-refractivity contribution in [3.05, 3.63) is 12.3 Å². The van der Waals surface area contributed by atoms with E-state index >= 15 is 0 Å². The van der Waals surface area contributed by atoms with Gasteiger partial charge in [-0.25, -0.2) is 0 Å². The second-order valence-corrected chi connectivity index (χ2v) is 5.10. The first-order chi connectivity index (χ1) is 5.80. The summed E-state index contributed by atoms with van der Waals surface area (Å²) in [6.45, 7) is 2.39. The molecule has 0 spiro atoms. The van der Waals surface area contributed by atoms with Crippen LogP contribution in [0.15, 0.2) is 12.3 Å². The van der Waals surface area contributed by atoms with Gasteiger partial charge in [-0.2, -0.15) is 0 Å². The Morgan fingerprint density at radius 3 is 2.58 bits per heavy atom. The molecule has 0 amide bonds.